The Kier molecular flexibility index (Phi) is 7.77. The summed E-state index contributed by atoms with van der Waals surface area (Å²) in [7, 11) is 0. The van der Waals surface area contributed by atoms with Gasteiger partial charge in [0.15, 0.2) is 5.78 Å². The standard InChI is InChI=1S/C26H37N7O4/c1-16(2)31-10-12-32(13-11-31)18-8-6-17(7-9-18)24(35)28-23(26(3,4)5)25(36)33-14-19(29-30-27)22-21(33)20(34)15-37-22/h6-9,16,19,21-23H,10-15H2,1-5H3,(H,28,35)/t19-,21-,22-,23-/m1/s1. The fourth-order valence-electron chi connectivity index (χ4n) is 5.37. The summed E-state index contributed by atoms with van der Waals surface area (Å²) >= 11 is 0. The molecule has 1 N–H and O–H groups in total. The number of azide groups is 1. The quantitative estimate of drug-likeness (QED) is 0.354. The van der Waals surface area contributed by atoms with E-state index in [1.165, 1.54) is 4.90 Å². The molecular weight excluding hydrogens is 474 g/mol. The van der Waals surface area contributed by atoms with Crippen molar-refractivity contribution in [3.63, 3.8) is 0 Å². The molecule has 0 unspecified atom stereocenters. The fraction of sp³-hybridized carbons (Fsp3) is 0.654. The highest BCUT2D eigenvalue weighted by Crippen LogP contribution is 2.32. The average Bonchev–Trinajstić information content (AvgIpc) is 3.42. The molecule has 3 heterocycles. The molecule has 0 radical (unpaired) electrons. The molecule has 3 aliphatic rings. The number of ether oxygens (including phenoxy) is 1. The van der Waals surface area contributed by atoms with Crippen LogP contribution in [0.1, 0.15) is 45.0 Å². The van der Waals surface area contributed by atoms with Gasteiger partial charge in [-0.2, -0.15) is 0 Å². The van der Waals surface area contributed by atoms with Gasteiger partial charge in [-0.05, 0) is 49.1 Å². The minimum Gasteiger partial charge on any atom is -0.369 e. The third-order valence-corrected chi connectivity index (χ3v) is 7.57. The first-order chi connectivity index (χ1) is 17.5. The number of benzene rings is 1. The monoisotopic (exact) mass is 511 g/mol. The normalized spacial score (nSPS) is 25.1. The van der Waals surface area contributed by atoms with Crippen LogP contribution in [0.3, 0.4) is 0 Å². The number of rotatable bonds is 6. The van der Waals surface area contributed by atoms with Gasteiger partial charge < -0.3 is 19.9 Å². The molecule has 0 aliphatic carbocycles. The molecule has 3 aliphatic heterocycles. The van der Waals surface area contributed by atoms with Crippen molar-refractivity contribution in [2.24, 2.45) is 10.5 Å². The molecule has 3 fully saturated rings. The predicted octanol–water partition coefficient (Wildman–Crippen LogP) is 2.22. The number of fused-ring (bicyclic) bond motifs is 1. The molecular formula is C26H37N7O4. The number of hydrogen-bond donors (Lipinski definition) is 1. The summed E-state index contributed by atoms with van der Waals surface area (Å²) in [5.41, 5.74) is 9.80. The molecule has 0 bridgehead atoms. The molecule has 2 amide bonds. The molecule has 200 valence electrons. The van der Waals surface area contributed by atoms with E-state index in [0.29, 0.717) is 11.6 Å². The number of carbonyl (C=O) groups is 3. The Morgan fingerprint density at radius 3 is 2.35 bits per heavy atom. The largest absolute Gasteiger partial charge is 0.369 e. The summed E-state index contributed by atoms with van der Waals surface area (Å²) in [5, 5.41) is 6.64. The van der Waals surface area contributed by atoms with Crippen molar-refractivity contribution in [3.8, 4) is 0 Å². The van der Waals surface area contributed by atoms with Gasteiger partial charge in [0.2, 0.25) is 5.91 Å². The van der Waals surface area contributed by atoms with Crippen LogP contribution in [0.2, 0.25) is 0 Å². The lowest BCUT2D eigenvalue weighted by molar-refractivity contribution is -0.140. The molecule has 37 heavy (non-hydrogen) atoms. The summed E-state index contributed by atoms with van der Waals surface area (Å²) in [4.78, 5) is 48.4. The van der Waals surface area contributed by atoms with Crippen LogP contribution in [0.5, 0.6) is 0 Å². The van der Waals surface area contributed by atoms with E-state index in [2.05, 4.69) is 39.0 Å². The number of anilines is 1. The van der Waals surface area contributed by atoms with E-state index in [1.807, 2.05) is 32.9 Å². The second kappa shape index (κ2) is 10.7. The Hall–Kier alpha value is -3.14. The minimum absolute atomic E-state index is 0.0746. The molecule has 11 nitrogen and oxygen atoms in total. The third-order valence-electron chi connectivity index (χ3n) is 7.57. The second-order valence-electron chi connectivity index (χ2n) is 11.4. The summed E-state index contributed by atoms with van der Waals surface area (Å²) in [6.07, 6.45) is -0.654. The lowest BCUT2D eigenvalue weighted by Crippen LogP contribution is -2.57. The molecule has 4 atom stereocenters. The van der Waals surface area contributed by atoms with Crippen LogP contribution in [-0.2, 0) is 14.3 Å². The maximum Gasteiger partial charge on any atom is 0.251 e. The molecule has 4 rings (SSSR count). The lowest BCUT2D eigenvalue weighted by Gasteiger charge is -2.38. The van der Waals surface area contributed by atoms with E-state index in [4.69, 9.17) is 10.3 Å². The number of nitrogens with zero attached hydrogens (tertiary/aromatic N) is 6. The first-order valence-corrected chi connectivity index (χ1v) is 12.9. The van der Waals surface area contributed by atoms with Gasteiger partial charge in [-0.15, -0.1) is 0 Å². The Morgan fingerprint density at radius 2 is 1.78 bits per heavy atom. The van der Waals surface area contributed by atoms with Crippen LogP contribution >= 0.6 is 0 Å². The number of carbonyl (C=O) groups excluding carboxylic acids is 3. The Balaban J connectivity index is 1.46. The highest BCUT2D eigenvalue weighted by atomic mass is 16.5. The molecule has 3 saturated heterocycles. The van der Waals surface area contributed by atoms with E-state index in [-0.39, 0.29) is 30.7 Å². The van der Waals surface area contributed by atoms with Crippen molar-refractivity contribution in [3.05, 3.63) is 40.3 Å². The van der Waals surface area contributed by atoms with Gasteiger partial charge in [-0.3, -0.25) is 19.3 Å². The SMILES string of the molecule is CC(C)N1CCN(c2ccc(C(=O)N[C@H](C(=O)N3C[C@@H](N=[N+]=[N-])[C@H]4OCC(=O)[C@H]43)C(C)(C)C)cc2)CC1. The Bertz CT molecular complexity index is 1070. The smallest absolute Gasteiger partial charge is 0.251 e. The third kappa shape index (κ3) is 5.58. The number of Topliss-reactive ketones (excluding diaryl/α,β-unsaturated/α-hetero) is 1. The van der Waals surface area contributed by atoms with Crippen LogP contribution in [0.15, 0.2) is 29.4 Å². The van der Waals surface area contributed by atoms with Gasteiger partial charge in [0.25, 0.3) is 5.91 Å². The van der Waals surface area contributed by atoms with Gasteiger partial charge in [0, 0.05) is 54.9 Å². The number of likely N-dealkylation sites (tertiary alicyclic amines) is 1. The van der Waals surface area contributed by atoms with E-state index >= 15 is 0 Å². The second-order valence-corrected chi connectivity index (χ2v) is 11.4. The van der Waals surface area contributed by atoms with Gasteiger partial charge >= 0.3 is 0 Å². The summed E-state index contributed by atoms with van der Waals surface area (Å²) in [6.45, 7) is 13.8. The van der Waals surface area contributed by atoms with Gasteiger partial charge in [0.05, 0.1) is 12.1 Å². The number of ketones is 1. The van der Waals surface area contributed by atoms with Crippen LogP contribution < -0.4 is 10.2 Å². The summed E-state index contributed by atoms with van der Waals surface area (Å²) in [6, 6.07) is 5.64. The van der Waals surface area contributed by atoms with E-state index in [1.54, 1.807) is 12.1 Å². The van der Waals surface area contributed by atoms with Gasteiger partial charge in [0.1, 0.15) is 18.7 Å². The van der Waals surface area contributed by atoms with Crippen LogP contribution in [0.25, 0.3) is 10.4 Å². The van der Waals surface area contributed by atoms with Crippen LogP contribution in [-0.4, -0.2) is 97.0 Å². The van der Waals surface area contributed by atoms with E-state index < -0.39 is 29.6 Å². The zero-order chi connectivity index (χ0) is 26.9. The predicted molar refractivity (Wildman–Crippen MR) is 139 cm³/mol. The topological polar surface area (TPSA) is 131 Å². The van der Waals surface area contributed by atoms with Crippen molar-refractivity contribution in [2.45, 2.75) is 64.9 Å². The van der Waals surface area contributed by atoms with E-state index in [9.17, 15) is 14.4 Å². The minimum atomic E-state index is -0.886. The maximum atomic E-state index is 13.7. The molecule has 0 aromatic heterocycles. The average molecular weight is 512 g/mol. The maximum absolute atomic E-state index is 13.7. The van der Waals surface area contributed by atoms with Crippen molar-refractivity contribution in [1.29, 1.82) is 0 Å². The zero-order valence-electron chi connectivity index (χ0n) is 22.3. The van der Waals surface area contributed by atoms with Crippen molar-refractivity contribution in [1.82, 2.24) is 15.1 Å². The highest BCUT2D eigenvalue weighted by molar-refractivity contribution is 5.99. The molecule has 0 saturated carbocycles. The van der Waals surface area contributed by atoms with E-state index in [0.717, 1.165) is 31.9 Å². The molecule has 1 aromatic rings. The van der Waals surface area contributed by atoms with Crippen molar-refractivity contribution >= 4 is 23.3 Å². The van der Waals surface area contributed by atoms with Crippen molar-refractivity contribution in [2.75, 3.05) is 44.2 Å². The Morgan fingerprint density at radius 1 is 1.14 bits per heavy atom. The van der Waals surface area contributed by atoms with Crippen LogP contribution in [0.4, 0.5) is 5.69 Å². The molecule has 1 aromatic carbocycles. The lowest BCUT2D eigenvalue weighted by atomic mass is 9.85. The van der Waals surface area contributed by atoms with Gasteiger partial charge in [-0.1, -0.05) is 25.9 Å². The Labute approximate surface area is 217 Å². The number of amides is 2. The molecule has 11 heteroatoms. The summed E-state index contributed by atoms with van der Waals surface area (Å²) in [5.74, 6) is -0.969. The summed E-state index contributed by atoms with van der Waals surface area (Å²) < 4.78 is 5.53. The number of nitrogens with one attached hydrogen (secondary N) is 1. The molecule has 0 spiro atoms. The number of piperazine rings is 1. The fourth-order valence-corrected chi connectivity index (χ4v) is 5.37. The highest BCUT2D eigenvalue weighted by Gasteiger charge is 2.53. The first-order valence-electron chi connectivity index (χ1n) is 12.9. The number of hydrogen-bond acceptors (Lipinski definition) is 7. The van der Waals surface area contributed by atoms with Gasteiger partial charge in [-0.25, -0.2) is 0 Å². The first kappa shape index (κ1) is 26.9. The van der Waals surface area contributed by atoms with Crippen molar-refractivity contribution < 1.29 is 19.1 Å². The van der Waals surface area contributed by atoms with Crippen LogP contribution in [0, 0.1) is 5.41 Å². The zero-order valence-corrected chi connectivity index (χ0v) is 22.3.